The first-order valence-electron chi connectivity index (χ1n) is 12.6. The van der Waals surface area contributed by atoms with Crippen molar-refractivity contribution in [1.29, 1.82) is 0 Å². The predicted octanol–water partition coefficient (Wildman–Crippen LogP) is -1.06. The van der Waals surface area contributed by atoms with Crippen molar-refractivity contribution in [3.8, 4) is 5.75 Å². The van der Waals surface area contributed by atoms with Gasteiger partial charge in [-0.2, -0.15) is 0 Å². The number of benzene rings is 1. The van der Waals surface area contributed by atoms with Gasteiger partial charge in [-0.25, -0.2) is 0 Å². The van der Waals surface area contributed by atoms with Crippen LogP contribution in [0.5, 0.6) is 5.75 Å². The van der Waals surface area contributed by atoms with E-state index in [-0.39, 0.29) is 43.9 Å². The molecule has 0 spiro atoms. The molecule has 0 bridgehead atoms. The third kappa shape index (κ3) is 7.66. The van der Waals surface area contributed by atoms with E-state index >= 15 is 0 Å². The SMILES string of the molecule is CCN1CCN(C(=O)[C@@H]2CCC(=O)N[C@@H](CC(N)=O)C(=O)N(C)CCOc3ccccc3C(=O)N2)CC1. The van der Waals surface area contributed by atoms with Gasteiger partial charge < -0.3 is 35.8 Å². The fourth-order valence-electron chi connectivity index (χ4n) is 4.39. The van der Waals surface area contributed by atoms with Crippen LogP contribution in [-0.2, 0) is 19.2 Å². The van der Waals surface area contributed by atoms with Crippen LogP contribution in [-0.4, -0.2) is 109 Å². The number of fused-ring (bicyclic) bond motifs is 1. The van der Waals surface area contributed by atoms with Gasteiger partial charge in [-0.1, -0.05) is 19.1 Å². The number of hydrogen-bond donors (Lipinski definition) is 3. The number of hydrogen-bond acceptors (Lipinski definition) is 7. The Bertz CT molecular complexity index is 1010. The lowest BCUT2D eigenvalue weighted by Gasteiger charge is -2.36. The Morgan fingerprint density at radius 2 is 1.76 bits per heavy atom. The number of nitrogens with two attached hydrogens (primary N) is 1. The van der Waals surface area contributed by atoms with Crippen LogP contribution in [0.3, 0.4) is 0 Å². The zero-order valence-corrected chi connectivity index (χ0v) is 21.4. The van der Waals surface area contributed by atoms with Crippen LogP contribution in [0.15, 0.2) is 24.3 Å². The topological polar surface area (TPSA) is 154 Å². The predicted molar refractivity (Wildman–Crippen MR) is 134 cm³/mol. The van der Waals surface area contributed by atoms with Crippen LogP contribution in [0.25, 0.3) is 0 Å². The van der Waals surface area contributed by atoms with Gasteiger partial charge in [-0.05, 0) is 25.1 Å². The van der Waals surface area contributed by atoms with Crippen LogP contribution in [0.1, 0.15) is 36.5 Å². The summed E-state index contributed by atoms with van der Waals surface area (Å²) < 4.78 is 5.79. The molecule has 3 rings (SSSR count). The normalized spacial score (nSPS) is 22.6. The lowest BCUT2D eigenvalue weighted by Crippen LogP contribution is -2.55. The van der Waals surface area contributed by atoms with E-state index in [1.54, 1.807) is 29.2 Å². The summed E-state index contributed by atoms with van der Waals surface area (Å²) in [6.45, 7) is 5.65. The molecule has 1 fully saturated rings. The molecule has 12 heteroatoms. The maximum atomic E-state index is 13.4. The van der Waals surface area contributed by atoms with Gasteiger partial charge in [0, 0.05) is 39.6 Å². The lowest BCUT2D eigenvalue weighted by molar-refractivity contribution is -0.138. The number of amides is 5. The minimum absolute atomic E-state index is 0.0146. The quantitative estimate of drug-likeness (QED) is 0.461. The molecule has 12 nitrogen and oxygen atoms in total. The van der Waals surface area contributed by atoms with Crippen molar-refractivity contribution in [1.82, 2.24) is 25.3 Å². The second kappa shape index (κ2) is 13.0. The maximum absolute atomic E-state index is 13.4. The lowest BCUT2D eigenvalue weighted by atomic mass is 10.1. The van der Waals surface area contributed by atoms with E-state index in [9.17, 15) is 24.0 Å². The van der Waals surface area contributed by atoms with Gasteiger partial charge >= 0.3 is 0 Å². The van der Waals surface area contributed by atoms with Crippen molar-refractivity contribution < 1.29 is 28.7 Å². The van der Waals surface area contributed by atoms with Gasteiger partial charge in [-0.15, -0.1) is 0 Å². The highest BCUT2D eigenvalue weighted by Gasteiger charge is 2.31. The van der Waals surface area contributed by atoms with E-state index in [0.29, 0.717) is 18.8 Å². The zero-order chi connectivity index (χ0) is 26.9. The van der Waals surface area contributed by atoms with Crippen molar-refractivity contribution in [3.05, 3.63) is 29.8 Å². The highest BCUT2D eigenvalue weighted by molar-refractivity contribution is 6.00. The molecule has 0 aliphatic carbocycles. The molecule has 5 amide bonds. The molecule has 2 aliphatic rings. The van der Waals surface area contributed by atoms with Crippen molar-refractivity contribution >= 4 is 29.5 Å². The summed E-state index contributed by atoms with van der Waals surface area (Å²) >= 11 is 0. The molecule has 2 aliphatic heterocycles. The minimum atomic E-state index is -1.14. The van der Waals surface area contributed by atoms with Gasteiger partial charge in [0.2, 0.25) is 23.6 Å². The van der Waals surface area contributed by atoms with Crippen LogP contribution in [0.2, 0.25) is 0 Å². The van der Waals surface area contributed by atoms with Crippen molar-refractivity contribution in [2.24, 2.45) is 5.73 Å². The van der Waals surface area contributed by atoms with Crippen LogP contribution >= 0.6 is 0 Å². The molecular weight excluding hydrogens is 480 g/mol. The van der Waals surface area contributed by atoms with Crippen LogP contribution in [0, 0.1) is 0 Å². The molecule has 2 heterocycles. The number of primary amides is 1. The molecule has 1 aromatic rings. The van der Waals surface area contributed by atoms with Crippen molar-refractivity contribution in [3.63, 3.8) is 0 Å². The number of carbonyl (C=O) groups excluding carboxylic acids is 5. The number of likely N-dealkylation sites (N-methyl/N-ethyl adjacent to an activating group) is 2. The second-order valence-electron chi connectivity index (χ2n) is 9.22. The number of rotatable bonds is 4. The molecular formula is C25H36N6O6. The smallest absolute Gasteiger partial charge is 0.255 e. The third-order valence-electron chi connectivity index (χ3n) is 6.63. The second-order valence-corrected chi connectivity index (χ2v) is 9.22. The Morgan fingerprint density at radius 1 is 1.05 bits per heavy atom. The molecule has 0 saturated carbocycles. The van der Waals surface area contributed by atoms with Gasteiger partial charge in [0.05, 0.1) is 18.5 Å². The summed E-state index contributed by atoms with van der Waals surface area (Å²) in [5, 5.41) is 5.35. The third-order valence-corrected chi connectivity index (χ3v) is 6.63. The molecule has 4 N–H and O–H groups in total. The Labute approximate surface area is 216 Å². The molecule has 0 unspecified atom stereocenters. The standard InChI is InChI=1S/C25H36N6O6/c1-3-30-10-12-31(13-11-30)25(36)18-8-9-22(33)27-19(16-21(26)32)24(35)29(2)14-15-37-20-7-5-4-6-17(20)23(34)28-18/h4-7,18-19H,3,8-16H2,1-2H3,(H2,26,32)(H,27,33)(H,28,34)/t18-,19-/m0/s1. The fraction of sp³-hybridized carbons (Fsp3) is 0.560. The van der Waals surface area contributed by atoms with E-state index < -0.39 is 35.7 Å². The highest BCUT2D eigenvalue weighted by Crippen LogP contribution is 2.19. The van der Waals surface area contributed by atoms with E-state index in [4.69, 9.17) is 10.5 Å². The Kier molecular flexibility index (Phi) is 9.84. The molecule has 2 atom stereocenters. The average Bonchev–Trinajstić information content (AvgIpc) is 2.89. The van der Waals surface area contributed by atoms with Crippen LogP contribution in [0.4, 0.5) is 0 Å². The van der Waals surface area contributed by atoms with E-state index in [1.807, 2.05) is 0 Å². The van der Waals surface area contributed by atoms with Crippen LogP contribution < -0.4 is 21.1 Å². The van der Waals surface area contributed by atoms with Gasteiger partial charge in [0.1, 0.15) is 24.4 Å². The maximum Gasteiger partial charge on any atom is 0.255 e. The van der Waals surface area contributed by atoms with Crippen molar-refractivity contribution in [2.45, 2.75) is 38.3 Å². The molecule has 37 heavy (non-hydrogen) atoms. The van der Waals surface area contributed by atoms with Gasteiger partial charge in [0.15, 0.2) is 0 Å². The molecule has 1 aromatic carbocycles. The van der Waals surface area contributed by atoms with Crippen molar-refractivity contribution in [2.75, 3.05) is 52.9 Å². The molecule has 0 radical (unpaired) electrons. The largest absolute Gasteiger partial charge is 0.491 e. The summed E-state index contributed by atoms with van der Waals surface area (Å²) in [5.74, 6) is -2.21. The molecule has 202 valence electrons. The van der Waals surface area contributed by atoms with Gasteiger partial charge in [0.25, 0.3) is 5.91 Å². The minimum Gasteiger partial charge on any atom is -0.491 e. The highest BCUT2D eigenvalue weighted by atomic mass is 16.5. The first-order valence-corrected chi connectivity index (χ1v) is 12.6. The average molecular weight is 517 g/mol. The first-order chi connectivity index (χ1) is 17.7. The number of ether oxygens (including phenoxy) is 1. The number of nitrogens with zero attached hydrogens (tertiary/aromatic N) is 3. The monoisotopic (exact) mass is 516 g/mol. The Hall–Kier alpha value is -3.67. The van der Waals surface area contributed by atoms with E-state index in [0.717, 1.165) is 19.6 Å². The number of nitrogens with one attached hydrogen (secondary N) is 2. The first kappa shape index (κ1) is 27.9. The Balaban J connectivity index is 1.86. The number of para-hydroxylation sites is 1. The summed E-state index contributed by atoms with van der Waals surface area (Å²) in [6.07, 6.45) is -0.490. The fourth-order valence-corrected chi connectivity index (χ4v) is 4.39. The molecule has 1 saturated heterocycles. The number of piperazine rings is 1. The summed E-state index contributed by atoms with van der Waals surface area (Å²) in [7, 11) is 1.52. The summed E-state index contributed by atoms with van der Waals surface area (Å²) in [4.78, 5) is 69.1. The van der Waals surface area contributed by atoms with Gasteiger partial charge in [-0.3, -0.25) is 24.0 Å². The molecule has 0 aromatic heterocycles. The number of carbonyl (C=O) groups is 5. The summed E-state index contributed by atoms with van der Waals surface area (Å²) in [5.41, 5.74) is 5.55. The zero-order valence-electron chi connectivity index (χ0n) is 21.4. The van der Waals surface area contributed by atoms with E-state index in [1.165, 1.54) is 11.9 Å². The Morgan fingerprint density at radius 3 is 2.43 bits per heavy atom. The summed E-state index contributed by atoms with van der Waals surface area (Å²) in [6, 6.07) is 4.53. The van der Waals surface area contributed by atoms with E-state index in [2.05, 4.69) is 22.5 Å².